The Morgan fingerprint density at radius 2 is 2.00 bits per heavy atom. The highest BCUT2D eigenvalue weighted by Gasteiger charge is 2.19. The Kier molecular flexibility index (Phi) is 3.53. The quantitative estimate of drug-likeness (QED) is 0.294. The summed E-state index contributed by atoms with van der Waals surface area (Å²) in [5.74, 6) is 0. The molecule has 0 saturated heterocycles. The zero-order chi connectivity index (χ0) is 8.97. The molecule has 0 bridgehead atoms. The highest BCUT2D eigenvalue weighted by Crippen LogP contribution is 2.19. The first-order valence-electron chi connectivity index (χ1n) is 4.68. The molecular weight excluding hydrogens is 154 g/mol. The summed E-state index contributed by atoms with van der Waals surface area (Å²) in [5, 5.41) is 20.3. The van der Waals surface area contributed by atoms with Crippen LogP contribution in [0.25, 0.3) is 0 Å². The van der Waals surface area contributed by atoms with Crippen LogP contribution >= 0.6 is 0 Å². The molecule has 1 aliphatic rings. The minimum atomic E-state index is -0.621. The van der Waals surface area contributed by atoms with Crippen LogP contribution in [0.15, 0.2) is 0 Å². The first kappa shape index (κ1) is 9.52. The van der Waals surface area contributed by atoms with Gasteiger partial charge in [0, 0.05) is 12.8 Å². The van der Waals surface area contributed by atoms with E-state index in [1.54, 1.807) is 6.92 Å². The molecule has 1 N–H and O–H groups in total. The van der Waals surface area contributed by atoms with Gasteiger partial charge in [0.05, 0.1) is 0 Å². The van der Waals surface area contributed by atoms with Crippen molar-refractivity contribution < 1.29 is 9.85 Å². The van der Waals surface area contributed by atoms with Gasteiger partial charge in [-0.1, -0.05) is 6.42 Å². The molecule has 1 unspecified atom stereocenters. The fraction of sp³-hybridized carbons (Fsp3) is 0.889. The average molecular weight is 171 g/mol. The number of rotatable bonds is 2. The predicted molar refractivity (Wildman–Crippen MR) is 48.2 cm³/mol. The van der Waals surface area contributed by atoms with Gasteiger partial charge >= 0.3 is 0 Å². The number of hydrogen-bond donors (Lipinski definition) is 1. The summed E-state index contributed by atoms with van der Waals surface area (Å²) in [7, 11) is 0. The van der Waals surface area contributed by atoms with Gasteiger partial charge in [0.25, 0.3) is 0 Å². The van der Waals surface area contributed by atoms with Crippen molar-refractivity contribution in [2.24, 2.45) is 0 Å². The van der Waals surface area contributed by atoms with E-state index >= 15 is 0 Å². The molecule has 1 rings (SSSR count). The highest BCUT2D eigenvalue weighted by atomic mass is 16.5. The van der Waals surface area contributed by atoms with Gasteiger partial charge in [0.2, 0.25) is 0 Å². The smallest absolute Gasteiger partial charge is 0.179 e. The number of hydroxylamine groups is 1. The lowest BCUT2D eigenvalue weighted by atomic mass is 9.96. The number of hydrogen-bond acceptors (Lipinski definition) is 2. The summed E-state index contributed by atoms with van der Waals surface area (Å²) >= 11 is 0. The lowest BCUT2D eigenvalue weighted by Crippen LogP contribution is -2.27. The molecule has 1 aliphatic carbocycles. The molecule has 0 heterocycles. The van der Waals surface area contributed by atoms with E-state index < -0.39 is 6.10 Å². The monoisotopic (exact) mass is 171 g/mol. The van der Waals surface area contributed by atoms with Crippen LogP contribution in [0.2, 0.25) is 0 Å². The largest absolute Gasteiger partial charge is 0.624 e. The maximum absolute atomic E-state index is 11.3. The molecule has 0 amide bonds. The molecule has 70 valence electrons. The zero-order valence-electron chi connectivity index (χ0n) is 7.57. The number of aliphatic hydroxyl groups excluding tert-OH is 1. The van der Waals surface area contributed by atoms with Crippen molar-refractivity contribution in [1.29, 1.82) is 0 Å². The van der Waals surface area contributed by atoms with Crippen LogP contribution in [0.5, 0.6) is 0 Å². The summed E-state index contributed by atoms with van der Waals surface area (Å²) < 4.78 is 0.934. The van der Waals surface area contributed by atoms with Gasteiger partial charge in [0.15, 0.2) is 12.3 Å². The van der Waals surface area contributed by atoms with Crippen LogP contribution < -0.4 is 0 Å². The second kappa shape index (κ2) is 4.45. The van der Waals surface area contributed by atoms with Crippen molar-refractivity contribution in [2.45, 2.75) is 51.2 Å². The zero-order valence-corrected chi connectivity index (χ0v) is 7.57. The molecule has 0 spiro atoms. The lowest BCUT2D eigenvalue weighted by Gasteiger charge is -2.21. The fourth-order valence-corrected chi connectivity index (χ4v) is 1.67. The SMILES string of the molecule is CC(O)C=[N+]([O-])C1CCCCC1. The van der Waals surface area contributed by atoms with E-state index in [4.69, 9.17) is 5.11 Å². The minimum Gasteiger partial charge on any atom is -0.624 e. The first-order chi connectivity index (χ1) is 5.70. The third kappa shape index (κ3) is 2.81. The Morgan fingerprint density at radius 3 is 2.50 bits per heavy atom. The summed E-state index contributed by atoms with van der Waals surface area (Å²) in [6.07, 6.45) is 6.24. The van der Waals surface area contributed by atoms with E-state index in [9.17, 15) is 5.21 Å². The van der Waals surface area contributed by atoms with E-state index in [0.717, 1.165) is 30.4 Å². The van der Waals surface area contributed by atoms with E-state index in [1.165, 1.54) is 12.6 Å². The minimum absolute atomic E-state index is 0.119. The lowest BCUT2D eigenvalue weighted by molar-refractivity contribution is -0.503. The summed E-state index contributed by atoms with van der Waals surface area (Å²) in [4.78, 5) is 0. The Labute approximate surface area is 73.3 Å². The van der Waals surface area contributed by atoms with E-state index in [1.807, 2.05) is 0 Å². The summed E-state index contributed by atoms with van der Waals surface area (Å²) in [6, 6.07) is 0.119. The Morgan fingerprint density at radius 1 is 1.42 bits per heavy atom. The molecule has 0 aliphatic heterocycles. The number of nitrogens with zero attached hydrogens (tertiary/aromatic N) is 1. The van der Waals surface area contributed by atoms with E-state index in [-0.39, 0.29) is 6.04 Å². The molecule has 1 saturated carbocycles. The molecule has 1 atom stereocenters. The second-order valence-corrected chi connectivity index (χ2v) is 3.54. The highest BCUT2D eigenvalue weighted by molar-refractivity contribution is 5.56. The number of aliphatic hydroxyl groups is 1. The normalized spacial score (nSPS) is 24.0. The van der Waals surface area contributed by atoms with Crippen LogP contribution in [0.3, 0.4) is 0 Å². The summed E-state index contributed by atoms with van der Waals surface area (Å²) in [5.41, 5.74) is 0. The van der Waals surface area contributed by atoms with Crippen molar-refractivity contribution in [1.82, 2.24) is 0 Å². The second-order valence-electron chi connectivity index (χ2n) is 3.54. The Bertz CT molecular complexity index is 160. The van der Waals surface area contributed by atoms with Crippen molar-refractivity contribution in [3.8, 4) is 0 Å². The molecule has 0 aromatic carbocycles. The van der Waals surface area contributed by atoms with Gasteiger partial charge in [0.1, 0.15) is 6.10 Å². The topological polar surface area (TPSA) is 46.3 Å². The average Bonchev–Trinajstić information content (AvgIpc) is 2.05. The van der Waals surface area contributed by atoms with Gasteiger partial charge in [-0.3, -0.25) is 0 Å². The van der Waals surface area contributed by atoms with Crippen LogP contribution in [-0.2, 0) is 0 Å². The van der Waals surface area contributed by atoms with Gasteiger partial charge in [-0.05, 0) is 19.8 Å². The van der Waals surface area contributed by atoms with E-state index in [0.29, 0.717) is 0 Å². The fourth-order valence-electron chi connectivity index (χ4n) is 1.67. The predicted octanol–water partition coefficient (Wildman–Crippen LogP) is 1.28. The molecular formula is C9H17NO2. The van der Waals surface area contributed by atoms with Crippen LogP contribution in [0.1, 0.15) is 39.0 Å². The Hall–Kier alpha value is -0.570. The van der Waals surface area contributed by atoms with Gasteiger partial charge in [-0.2, -0.15) is 0 Å². The molecule has 0 radical (unpaired) electrons. The molecule has 1 fully saturated rings. The van der Waals surface area contributed by atoms with E-state index in [2.05, 4.69) is 0 Å². The van der Waals surface area contributed by atoms with Crippen molar-refractivity contribution >= 4 is 6.21 Å². The van der Waals surface area contributed by atoms with Crippen LogP contribution in [0, 0.1) is 5.21 Å². The molecule has 0 aromatic heterocycles. The standard InChI is InChI=1S/C9H17NO2/c1-8(11)7-10(12)9-5-3-2-4-6-9/h7-9,11H,2-6H2,1H3. The summed E-state index contributed by atoms with van der Waals surface area (Å²) in [6.45, 7) is 1.60. The van der Waals surface area contributed by atoms with Gasteiger partial charge < -0.3 is 10.3 Å². The van der Waals surface area contributed by atoms with Crippen molar-refractivity contribution in [3.05, 3.63) is 5.21 Å². The maximum Gasteiger partial charge on any atom is 0.179 e. The molecule has 12 heavy (non-hydrogen) atoms. The molecule has 3 heteroatoms. The van der Waals surface area contributed by atoms with Crippen LogP contribution in [0.4, 0.5) is 0 Å². The first-order valence-corrected chi connectivity index (χ1v) is 4.68. The van der Waals surface area contributed by atoms with Gasteiger partial charge in [-0.25, -0.2) is 4.74 Å². The third-order valence-corrected chi connectivity index (χ3v) is 2.30. The molecule has 3 nitrogen and oxygen atoms in total. The van der Waals surface area contributed by atoms with Crippen molar-refractivity contribution in [2.75, 3.05) is 0 Å². The third-order valence-electron chi connectivity index (χ3n) is 2.30. The van der Waals surface area contributed by atoms with Crippen molar-refractivity contribution in [3.63, 3.8) is 0 Å². The maximum atomic E-state index is 11.3. The molecule has 0 aromatic rings. The van der Waals surface area contributed by atoms with Crippen LogP contribution in [-0.4, -0.2) is 28.2 Å². The Balaban J connectivity index is 2.44. The van der Waals surface area contributed by atoms with Gasteiger partial charge in [-0.15, -0.1) is 0 Å².